The lowest BCUT2D eigenvalue weighted by Crippen LogP contribution is -2.45. The molecule has 2 atom stereocenters. The molecule has 4 nitrogen and oxygen atoms in total. The van der Waals surface area contributed by atoms with Gasteiger partial charge in [0.15, 0.2) is 0 Å². The summed E-state index contributed by atoms with van der Waals surface area (Å²) in [6.07, 6.45) is 97.2. The molecule has 0 aromatic rings. The third kappa shape index (κ3) is 62.0. The van der Waals surface area contributed by atoms with E-state index in [-0.39, 0.29) is 12.5 Å². The molecular weight excluding hydrogens is 915 g/mol. The van der Waals surface area contributed by atoms with Crippen LogP contribution in [0.15, 0.2) is 97.2 Å². The Kier molecular flexibility index (Phi) is 63.2. The van der Waals surface area contributed by atoms with Crippen molar-refractivity contribution in [3.05, 3.63) is 97.2 Å². The normalized spacial score (nSPS) is 13.4. The van der Waals surface area contributed by atoms with Gasteiger partial charge in [0.1, 0.15) is 0 Å². The van der Waals surface area contributed by atoms with Gasteiger partial charge in [0.2, 0.25) is 5.91 Å². The Labute approximate surface area is 468 Å². The highest BCUT2D eigenvalue weighted by Crippen LogP contribution is 2.18. The average Bonchev–Trinajstić information content (AvgIpc) is 3.41. The van der Waals surface area contributed by atoms with Gasteiger partial charge in [0.05, 0.1) is 18.8 Å². The second kappa shape index (κ2) is 65.6. The number of hydrogen-bond donors (Lipinski definition) is 3. The molecule has 0 aromatic heterocycles. The quantitative estimate of drug-likeness (QED) is 0.0420. The molecule has 0 bridgehead atoms. The van der Waals surface area contributed by atoms with Crippen LogP contribution in [-0.2, 0) is 4.79 Å². The van der Waals surface area contributed by atoms with Crippen molar-refractivity contribution in [2.75, 3.05) is 6.61 Å². The lowest BCUT2D eigenvalue weighted by Gasteiger charge is -2.22. The van der Waals surface area contributed by atoms with Crippen LogP contribution in [-0.4, -0.2) is 34.9 Å². The Balaban J connectivity index is 3.50. The smallest absolute Gasteiger partial charge is 0.220 e. The molecule has 0 spiro atoms. The van der Waals surface area contributed by atoms with E-state index in [1.165, 1.54) is 225 Å². The van der Waals surface area contributed by atoms with Crippen molar-refractivity contribution in [2.24, 2.45) is 0 Å². The number of aliphatic hydroxyl groups excluding tert-OH is 2. The van der Waals surface area contributed by atoms with Gasteiger partial charge in [-0.1, -0.05) is 342 Å². The molecule has 434 valence electrons. The molecule has 0 aliphatic rings. The summed E-state index contributed by atoms with van der Waals surface area (Å²) in [5, 5.41) is 23.4. The SMILES string of the molecule is CC/C=C\C/C=C\C/C=C\C/C=C\C/C=C\C/C=C\C/C=C\C/C=C\CCCCCCCCCCCCC(=O)NC(CO)C(O)CCCCCCCCCCCCCCCCCCCCCCCCCCCCCC. The molecule has 0 saturated heterocycles. The highest BCUT2D eigenvalue weighted by molar-refractivity contribution is 5.76. The van der Waals surface area contributed by atoms with E-state index in [2.05, 4.69) is 116 Å². The first-order valence-electron chi connectivity index (χ1n) is 32.9. The van der Waals surface area contributed by atoms with Crippen LogP contribution in [0.1, 0.15) is 328 Å². The number of nitrogens with one attached hydrogen (secondary N) is 1. The van der Waals surface area contributed by atoms with Crippen molar-refractivity contribution in [3.8, 4) is 0 Å². The Hall–Kier alpha value is -2.69. The van der Waals surface area contributed by atoms with E-state index in [0.29, 0.717) is 12.8 Å². The minimum Gasteiger partial charge on any atom is -0.394 e. The summed E-state index contributed by atoms with van der Waals surface area (Å²) in [6, 6.07) is -0.547. The fraction of sp³-hybridized carbons (Fsp3) is 0.761. The number of aliphatic hydroxyl groups is 2. The van der Waals surface area contributed by atoms with Crippen LogP contribution in [0.25, 0.3) is 0 Å². The van der Waals surface area contributed by atoms with E-state index in [0.717, 1.165) is 77.0 Å². The van der Waals surface area contributed by atoms with Gasteiger partial charge in [0, 0.05) is 6.42 Å². The number of rotatable bonds is 60. The van der Waals surface area contributed by atoms with Crippen molar-refractivity contribution in [1.82, 2.24) is 5.32 Å². The second-order valence-corrected chi connectivity index (χ2v) is 22.2. The van der Waals surface area contributed by atoms with Crippen molar-refractivity contribution < 1.29 is 15.0 Å². The van der Waals surface area contributed by atoms with E-state index in [1.807, 2.05) is 0 Å². The zero-order valence-corrected chi connectivity index (χ0v) is 50.1. The van der Waals surface area contributed by atoms with Gasteiger partial charge in [-0.2, -0.15) is 0 Å². The molecule has 75 heavy (non-hydrogen) atoms. The van der Waals surface area contributed by atoms with Gasteiger partial charge < -0.3 is 15.5 Å². The van der Waals surface area contributed by atoms with Crippen LogP contribution in [0, 0.1) is 0 Å². The molecular formula is C71H127NO3. The Morgan fingerprint density at radius 1 is 0.333 bits per heavy atom. The minimum atomic E-state index is -0.669. The fourth-order valence-corrected chi connectivity index (χ4v) is 9.91. The lowest BCUT2D eigenvalue weighted by molar-refractivity contribution is -0.123. The predicted octanol–water partition coefficient (Wildman–Crippen LogP) is 22.4. The van der Waals surface area contributed by atoms with E-state index in [1.54, 1.807) is 0 Å². The van der Waals surface area contributed by atoms with Crippen LogP contribution in [0.4, 0.5) is 0 Å². The Morgan fingerprint density at radius 3 is 0.880 bits per heavy atom. The summed E-state index contributed by atoms with van der Waals surface area (Å²) in [5.41, 5.74) is 0. The first-order chi connectivity index (χ1) is 37.2. The van der Waals surface area contributed by atoms with Gasteiger partial charge in [-0.05, 0) is 77.0 Å². The van der Waals surface area contributed by atoms with Gasteiger partial charge in [-0.3, -0.25) is 4.79 Å². The summed E-state index contributed by atoms with van der Waals surface area (Å²) in [6.45, 7) is 4.27. The predicted molar refractivity (Wildman–Crippen MR) is 336 cm³/mol. The van der Waals surface area contributed by atoms with Crippen LogP contribution in [0.2, 0.25) is 0 Å². The van der Waals surface area contributed by atoms with E-state index in [4.69, 9.17) is 0 Å². The number of carbonyl (C=O) groups is 1. The zero-order valence-electron chi connectivity index (χ0n) is 50.1. The standard InChI is InChI=1S/C71H127NO3/c1-3-5-7-9-11-13-15-17-19-21-23-25-27-29-31-33-34-35-36-37-38-39-41-43-45-47-49-51-53-55-57-59-61-63-65-67-71(75)72-69(68-73)70(74)66-64-62-60-58-56-54-52-50-48-46-44-42-40-32-30-28-26-24-22-20-18-16-14-12-10-8-6-4-2/h5,7,11,13,17,19,23,25,29,31,34-35,37-38,41,43,69-70,73-74H,3-4,6,8-10,12,14-16,18,20-22,24,26-28,30,32-33,36,39-40,42,44-68H2,1-2H3,(H,72,75)/b7-5-,13-11-,19-17-,25-23-,31-29-,35-34-,38-37-,43-41-. The summed E-state index contributed by atoms with van der Waals surface area (Å²) in [7, 11) is 0. The number of carbonyl (C=O) groups excluding carboxylic acids is 1. The first-order valence-corrected chi connectivity index (χ1v) is 32.9. The van der Waals surface area contributed by atoms with Gasteiger partial charge in [-0.25, -0.2) is 0 Å². The summed E-state index contributed by atoms with van der Waals surface area (Å²) in [5.74, 6) is -0.0355. The molecule has 1 amide bonds. The monoisotopic (exact) mass is 1040 g/mol. The molecule has 0 saturated carbocycles. The third-order valence-electron chi connectivity index (χ3n) is 14.9. The molecule has 0 fully saturated rings. The zero-order chi connectivity index (χ0) is 54.1. The molecule has 0 aliphatic carbocycles. The van der Waals surface area contributed by atoms with E-state index in [9.17, 15) is 15.0 Å². The maximum absolute atomic E-state index is 12.5. The molecule has 3 N–H and O–H groups in total. The average molecular weight is 1040 g/mol. The van der Waals surface area contributed by atoms with Gasteiger partial charge >= 0.3 is 0 Å². The third-order valence-corrected chi connectivity index (χ3v) is 14.9. The maximum Gasteiger partial charge on any atom is 0.220 e. The van der Waals surface area contributed by atoms with Gasteiger partial charge in [0.25, 0.3) is 0 Å². The first kappa shape index (κ1) is 72.3. The molecule has 4 heteroatoms. The topological polar surface area (TPSA) is 69.6 Å². The molecule has 2 unspecified atom stereocenters. The largest absolute Gasteiger partial charge is 0.394 e. The van der Waals surface area contributed by atoms with Crippen molar-refractivity contribution >= 4 is 5.91 Å². The fourth-order valence-electron chi connectivity index (χ4n) is 9.91. The van der Waals surface area contributed by atoms with Crippen molar-refractivity contribution in [3.63, 3.8) is 0 Å². The molecule has 0 aromatic carbocycles. The second-order valence-electron chi connectivity index (χ2n) is 22.2. The molecule has 0 rings (SSSR count). The summed E-state index contributed by atoms with van der Waals surface area (Å²) >= 11 is 0. The number of amides is 1. The minimum absolute atomic E-state index is 0.0355. The molecule has 0 radical (unpaired) electrons. The number of unbranched alkanes of at least 4 members (excludes halogenated alkanes) is 37. The van der Waals surface area contributed by atoms with Crippen LogP contribution < -0.4 is 5.32 Å². The van der Waals surface area contributed by atoms with E-state index < -0.39 is 12.1 Å². The van der Waals surface area contributed by atoms with Crippen molar-refractivity contribution in [1.29, 1.82) is 0 Å². The van der Waals surface area contributed by atoms with Crippen LogP contribution in [0.5, 0.6) is 0 Å². The highest BCUT2D eigenvalue weighted by atomic mass is 16.3. The number of hydrogen-bond acceptors (Lipinski definition) is 3. The maximum atomic E-state index is 12.5. The van der Waals surface area contributed by atoms with Gasteiger partial charge in [-0.15, -0.1) is 0 Å². The Bertz CT molecular complexity index is 1370. The number of allylic oxidation sites excluding steroid dienone is 16. The summed E-state index contributed by atoms with van der Waals surface area (Å²) < 4.78 is 0. The molecule has 0 aliphatic heterocycles. The Morgan fingerprint density at radius 2 is 0.587 bits per heavy atom. The molecule has 0 heterocycles. The van der Waals surface area contributed by atoms with Crippen LogP contribution >= 0.6 is 0 Å². The van der Waals surface area contributed by atoms with Crippen molar-refractivity contribution in [2.45, 2.75) is 341 Å². The summed E-state index contributed by atoms with van der Waals surface area (Å²) in [4.78, 5) is 12.5. The lowest BCUT2D eigenvalue weighted by atomic mass is 10.0. The van der Waals surface area contributed by atoms with E-state index >= 15 is 0 Å². The highest BCUT2D eigenvalue weighted by Gasteiger charge is 2.20. The van der Waals surface area contributed by atoms with Crippen LogP contribution in [0.3, 0.4) is 0 Å².